The van der Waals surface area contributed by atoms with Gasteiger partial charge in [0.05, 0.1) is 19.1 Å². The van der Waals surface area contributed by atoms with Crippen LogP contribution in [0.1, 0.15) is 68.2 Å². The van der Waals surface area contributed by atoms with Crippen LogP contribution in [0.2, 0.25) is 0 Å². The first-order valence-electron chi connectivity index (χ1n) is 16.5. The van der Waals surface area contributed by atoms with Gasteiger partial charge in [-0.1, -0.05) is 30.7 Å². The molecule has 4 aromatic carbocycles. The highest BCUT2D eigenvalue weighted by atomic mass is 19.2. The molecule has 0 radical (unpaired) electrons. The average Bonchev–Trinajstić information content (AvgIpc) is 3.03. The van der Waals surface area contributed by atoms with Crippen molar-refractivity contribution in [2.24, 2.45) is 0 Å². The van der Waals surface area contributed by atoms with E-state index < -0.39 is 52.7 Å². The van der Waals surface area contributed by atoms with E-state index in [2.05, 4.69) is 13.8 Å². The molecule has 0 unspecified atom stereocenters. The molecule has 1 aliphatic carbocycles. The molecule has 5 rings (SSSR count). The summed E-state index contributed by atoms with van der Waals surface area (Å²) < 4.78 is 119. The molecule has 1 saturated carbocycles. The standard InChI is InChI=1S/C28H20BF8.C10H21N/c1-13-21(5-17(30)9-25(13)34)29(22-6-18(31)10-26(35)14(22)2,23-7-19(32)11-27(36)15(23)3)24-8-20(33)12-28(37)16(24)4;1-3-11(4-2)10-8-6-5-7-9-10/h5-12H,1-4H3;10H,3-9H2,1-2H3/q-1;/p+1. The van der Waals surface area contributed by atoms with E-state index >= 15 is 17.6 Å². The highest BCUT2D eigenvalue weighted by Crippen LogP contribution is 2.23. The monoisotopic (exact) mass is 675 g/mol. The lowest BCUT2D eigenvalue weighted by Gasteiger charge is -2.48. The zero-order valence-corrected chi connectivity index (χ0v) is 28.2. The van der Waals surface area contributed by atoms with Crippen LogP contribution >= 0.6 is 0 Å². The molecule has 10 heteroatoms. The number of hydrogen-bond acceptors (Lipinski definition) is 0. The molecule has 258 valence electrons. The smallest absolute Gasteiger partial charge is 0.125 e. The average molecular weight is 676 g/mol. The van der Waals surface area contributed by atoms with Gasteiger partial charge in [0.15, 0.2) is 0 Å². The number of quaternary nitrogens is 1. The molecule has 0 bridgehead atoms. The Bertz CT molecular complexity index is 1540. The second kappa shape index (κ2) is 15.3. The molecule has 0 heterocycles. The SMILES string of the molecule is CC[NH+](CC)C1CCCCC1.Cc1c(F)cc(F)cc1[B-](c1cc(F)cc(F)c1C)(c1cc(F)cc(F)c1C)c1cc(F)cc(F)c1C. The third kappa shape index (κ3) is 7.19. The summed E-state index contributed by atoms with van der Waals surface area (Å²) in [5.41, 5.74) is -2.09. The van der Waals surface area contributed by atoms with E-state index in [9.17, 15) is 17.6 Å². The van der Waals surface area contributed by atoms with E-state index in [0.29, 0.717) is 24.3 Å². The van der Waals surface area contributed by atoms with Crippen LogP contribution in [-0.2, 0) is 0 Å². The maximum absolute atomic E-state index is 15.0. The van der Waals surface area contributed by atoms with Crippen molar-refractivity contribution in [2.75, 3.05) is 13.1 Å². The molecule has 1 nitrogen and oxygen atoms in total. The van der Waals surface area contributed by atoms with Gasteiger partial charge in [-0.3, -0.25) is 0 Å². The summed E-state index contributed by atoms with van der Waals surface area (Å²) in [6.07, 6.45) is 4.02. The minimum Gasteiger partial charge on any atom is -0.333 e. The Kier molecular flexibility index (Phi) is 11.8. The Hall–Kier alpha value is -3.66. The van der Waals surface area contributed by atoms with Crippen molar-refractivity contribution in [3.63, 3.8) is 0 Å². The van der Waals surface area contributed by atoms with Gasteiger partial charge < -0.3 is 4.90 Å². The predicted octanol–water partition coefficient (Wildman–Crippen LogP) is 6.65. The lowest BCUT2D eigenvalue weighted by molar-refractivity contribution is -0.923. The van der Waals surface area contributed by atoms with Crippen molar-refractivity contribution in [3.8, 4) is 0 Å². The molecule has 1 N–H and O–H groups in total. The summed E-state index contributed by atoms with van der Waals surface area (Å²) in [5.74, 6) is -8.71. The van der Waals surface area contributed by atoms with Crippen molar-refractivity contribution in [1.82, 2.24) is 0 Å². The van der Waals surface area contributed by atoms with Crippen LogP contribution in [0.5, 0.6) is 0 Å². The maximum Gasteiger partial charge on any atom is 0.125 e. The van der Waals surface area contributed by atoms with E-state index in [1.54, 1.807) is 0 Å². The molecule has 0 spiro atoms. The van der Waals surface area contributed by atoms with Crippen LogP contribution in [0.25, 0.3) is 0 Å². The summed E-state index contributed by atoms with van der Waals surface area (Å²) in [6.45, 7) is 12.2. The van der Waals surface area contributed by atoms with Crippen molar-refractivity contribution in [3.05, 3.63) is 117 Å². The van der Waals surface area contributed by atoms with Gasteiger partial charge in [0.2, 0.25) is 0 Å². The van der Waals surface area contributed by atoms with E-state index in [1.165, 1.54) is 72.9 Å². The van der Waals surface area contributed by atoms with E-state index in [0.717, 1.165) is 30.3 Å². The predicted molar refractivity (Wildman–Crippen MR) is 178 cm³/mol. The molecule has 4 aromatic rings. The minimum absolute atomic E-state index is 0.237. The topological polar surface area (TPSA) is 4.44 Å². The first kappa shape index (κ1) is 37.2. The third-order valence-electron chi connectivity index (χ3n) is 10.4. The zero-order valence-electron chi connectivity index (χ0n) is 28.2. The molecular formula is C38H42BF8N. The van der Waals surface area contributed by atoms with Gasteiger partial charge in [0.1, 0.15) is 52.7 Å². The summed E-state index contributed by atoms with van der Waals surface area (Å²) in [7, 11) is 0. The molecular weight excluding hydrogens is 633 g/mol. The number of rotatable bonds is 7. The molecule has 0 aromatic heterocycles. The fraction of sp³-hybridized carbons (Fsp3) is 0.368. The molecule has 0 amide bonds. The maximum atomic E-state index is 15.0. The summed E-state index contributed by atoms with van der Waals surface area (Å²) >= 11 is 0. The number of halogens is 8. The zero-order chi connectivity index (χ0) is 35.5. The number of nitrogens with one attached hydrogen (secondary N) is 1. The second-order valence-electron chi connectivity index (χ2n) is 13.0. The van der Waals surface area contributed by atoms with Crippen LogP contribution in [0.3, 0.4) is 0 Å². The van der Waals surface area contributed by atoms with Crippen LogP contribution in [0.4, 0.5) is 35.1 Å². The third-order valence-corrected chi connectivity index (χ3v) is 10.4. The minimum atomic E-state index is -3.39. The van der Waals surface area contributed by atoms with Gasteiger partial charge in [0.25, 0.3) is 0 Å². The molecule has 1 fully saturated rings. The van der Waals surface area contributed by atoms with Gasteiger partial charge in [-0.2, -0.15) is 21.9 Å². The quantitative estimate of drug-likeness (QED) is 0.165. The molecule has 0 atom stereocenters. The highest BCUT2D eigenvalue weighted by molar-refractivity contribution is 7.20. The Morgan fingerprint density at radius 2 is 0.750 bits per heavy atom. The molecule has 1 aliphatic rings. The van der Waals surface area contributed by atoms with Gasteiger partial charge in [-0.05, 0) is 89.5 Å². The number of hydrogen-bond donors (Lipinski definition) is 1. The summed E-state index contributed by atoms with van der Waals surface area (Å²) in [5, 5.41) is 0. The van der Waals surface area contributed by atoms with Gasteiger partial charge in [-0.25, -0.2) is 35.1 Å². The van der Waals surface area contributed by atoms with E-state index in [-0.39, 0.29) is 44.1 Å². The van der Waals surface area contributed by atoms with Crippen LogP contribution < -0.4 is 26.8 Å². The van der Waals surface area contributed by atoms with Crippen LogP contribution in [0, 0.1) is 74.2 Å². The molecule has 48 heavy (non-hydrogen) atoms. The lowest BCUT2D eigenvalue weighted by Crippen LogP contribution is -3.15. The van der Waals surface area contributed by atoms with Gasteiger partial charge in [0, 0.05) is 24.3 Å². The molecule has 0 saturated heterocycles. The van der Waals surface area contributed by atoms with Crippen molar-refractivity contribution in [1.29, 1.82) is 0 Å². The van der Waals surface area contributed by atoms with Crippen molar-refractivity contribution >= 4 is 28.0 Å². The summed E-state index contributed by atoms with van der Waals surface area (Å²) in [4.78, 5) is 1.82. The van der Waals surface area contributed by atoms with E-state index in [1.807, 2.05) is 4.90 Å². The van der Waals surface area contributed by atoms with Crippen molar-refractivity contribution < 1.29 is 40.0 Å². The fourth-order valence-corrected chi connectivity index (χ4v) is 7.81. The first-order chi connectivity index (χ1) is 22.7. The number of benzene rings is 4. The Balaban J connectivity index is 0.000000401. The van der Waals surface area contributed by atoms with Crippen LogP contribution in [0.15, 0.2) is 48.5 Å². The van der Waals surface area contributed by atoms with E-state index in [4.69, 9.17) is 0 Å². The normalized spacial score (nSPS) is 13.9. The van der Waals surface area contributed by atoms with Crippen molar-refractivity contribution in [2.45, 2.75) is 79.7 Å². The Morgan fingerprint density at radius 1 is 0.479 bits per heavy atom. The second-order valence-corrected chi connectivity index (χ2v) is 13.0. The largest absolute Gasteiger partial charge is 0.333 e. The summed E-state index contributed by atoms with van der Waals surface area (Å²) in [6, 6.07) is 6.67. The van der Waals surface area contributed by atoms with Gasteiger partial charge >= 0.3 is 0 Å². The molecule has 0 aliphatic heterocycles. The Labute approximate surface area is 277 Å². The first-order valence-corrected chi connectivity index (χ1v) is 16.5. The fourth-order valence-electron chi connectivity index (χ4n) is 7.81. The van der Waals surface area contributed by atoms with Gasteiger partial charge in [-0.15, -0.1) is 0 Å². The van der Waals surface area contributed by atoms with Crippen LogP contribution in [-0.4, -0.2) is 25.3 Å². The lowest BCUT2D eigenvalue weighted by atomic mass is 9.11. The highest BCUT2D eigenvalue weighted by Gasteiger charge is 2.39. The Morgan fingerprint density at radius 3 is 1.00 bits per heavy atom.